The van der Waals surface area contributed by atoms with Crippen molar-refractivity contribution in [1.29, 1.82) is 0 Å². The van der Waals surface area contributed by atoms with Gasteiger partial charge in [0.2, 0.25) is 0 Å². The molecule has 0 spiro atoms. The summed E-state index contributed by atoms with van der Waals surface area (Å²) in [4.78, 5) is 15.9. The molecule has 30 heavy (non-hydrogen) atoms. The van der Waals surface area contributed by atoms with Gasteiger partial charge in [0, 0.05) is 30.4 Å². The van der Waals surface area contributed by atoms with Crippen molar-refractivity contribution >= 4 is 18.3 Å². The third kappa shape index (κ3) is 3.75. The van der Waals surface area contributed by atoms with Gasteiger partial charge >= 0.3 is 0 Å². The number of hydrogen-bond donors (Lipinski definition) is 1. The first-order valence-electron chi connectivity index (χ1n) is 10.5. The van der Waals surface area contributed by atoms with Crippen molar-refractivity contribution in [3.63, 3.8) is 0 Å². The van der Waals surface area contributed by atoms with E-state index in [1.807, 2.05) is 53.3 Å². The Hall–Kier alpha value is -2.63. The van der Waals surface area contributed by atoms with Crippen molar-refractivity contribution in [1.82, 2.24) is 20.0 Å². The first-order valence-corrected chi connectivity index (χ1v) is 10.5. The lowest BCUT2D eigenvalue weighted by Gasteiger charge is -2.27. The number of nitrogens with one attached hydrogen (secondary N) is 1. The lowest BCUT2D eigenvalue weighted by atomic mass is 10.1. The summed E-state index contributed by atoms with van der Waals surface area (Å²) in [6.07, 6.45) is 5.11. The van der Waals surface area contributed by atoms with Crippen LogP contribution in [-0.4, -0.2) is 45.8 Å². The lowest BCUT2D eigenvalue weighted by molar-refractivity contribution is 0.0681. The molecule has 2 fully saturated rings. The van der Waals surface area contributed by atoms with E-state index in [2.05, 4.69) is 29.3 Å². The van der Waals surface area contributed by atoms with Crippen molar-refractivity contribution in [2.45, 2.75) is 38.3 Å². The number of hydrogen-bond acceptors (Lipinski definition) is 3. The molecule has 2 atom stereocenters. The van der Waals surface area contributed by atoms with Gasteiger partial charge in [0.05, 0.1) is 11.3 Å². The van der Waals surface area contributed by atoms with Gasteiger partial charge in [-0.2, -0.15) is 5.10 Å². The summed E-state index contributed by atoms with van der Waals surface area (Å²) < 4.78 is 1.84. The molecule has 2 saturated heterocycles. The molecule has 1 N–H and O–H groups in total. The minimum atomic E-state index is 0. The van der Waals surface area contributed by atoms with Crippen LogP contribution in [0.15, 0.2) is 60.8 Å². The normalized spacial score (nSPS) is 20.5. The summed E-state index contributed by atoms with van der Waals surface area (Å²) in [6, 6.07) is 18.9. The van der Waals surface area contributed by atoms with Gasteiger partial charge in [-0.1, -0.05) is 48.0 Å². The number of fused-ring (bicyclic) bond motifs is 2. The van der Waals surface area contributed by atoms with Gasteiger partial charge < -0.3 is 10.2 Å². The van der Waals surface area contributed by atoms with Gasteiger partial charge in [-0.05, 0) is 44.9 Å². The van der Waals surface area contributed by atoms with E-state index in [0.29, 0.717) is 11.6 Å². The van der Waals surface area contributed by atoms with Crippen molar-refractivity contribution in [2.75, 3.05) is 13.1 Å². The summed E-state index contributed by atoms with van der Waals surface area (Å²) in [7, 11) is 0. The molecule has 2 aliphatic rings. The number of benzene rings is 2. The Morgan fingerprint density at radius 3 is 2.50 bits per heavy atom. The highest BCUT2D eigenvalue weighted by Crippen LogP contribution is 2.32. The summed E-state index contributed by atoms with van der Waals surface area (Å²) in [5, 5.41) is 8.33. The fourth-order valence-corrected chi connectivity index (χ4v) is 4.62. The van der Waals surface area contributed by atoms with Crippen LogP contribution in [0.25, 0.3) is 16.9 Å². The molecule has 1 aromatic heterocycles. The molecule has 2 aliphatic heterocycles. The SMILES string of the molecule is Cc1ccc(-n2cc(C(=O)N3C4CCNCC3CC4)c(-c3ccccc3)n2)cc1.Cl. The molecule has 2 aromatic carbocycles. The first kappa shape index (κ1) is 20.6. The Morgan fingerprint density at radius 2 is 1.73 bits per heavy atom. The molecular weight excluding hydrogens is 396 g/mol. The molecule has 3 heterocycles. The Bertz CT molecular complexity index is 1000. The van der Waals surface area contributed by atoms with Crippen molar-refractivity contribution in [3.8, 4) is 16.9 Å². The van der Waals surface area contributed by atoms with Gasteiger partial charge in [-0.15, -0.1) is 12.4 Å². The summed E-state index contributed by atoms with van der Waals surface area (Å²) >= 11 is 0. The molecule has 156 valence electrons. The average Bonchev–Trinajstić information content (AvgIpc) is 3.29. The van der Waals surface area contributed by atoms with Crippen LogP contribution in [0.2, 0.25) is 0 Å². The number of aryl methyl sites for hydroxylation is 1. The van der Waals surface area contributed by atoms with Crippen molar-refractivity contribution < 1.29 is 4.79 Å². The van der Waals surface area contributed by atoms with E-state index >= 15 is 0 Å². The van der Waals surface area contributed by atoms with Crippen LogP contribution in [0.5, 0.6) is 0 Å². The van der Waals surface area contributed by atoms with E-state index in [0.717, 1.165) is 49.3 Å². The van der Waals surface area contributed by atoms with Crippen LogP contribution in [0.4, 0.5) is 0 Å². The topological polar surface area (TPSA) is 50.2 Å². The molecule has 5 rings (SSSR count). The van der Waals surface area contributed by atoms with E-state index in [1.54, 1.807) is 0 Å². The molecule has 0 radical (unpaired) electrons. The Labute approximate surface area is 183 Å². The Morgan fingerprint density at radius 1 is 1.00 bits per heavy atom. The highest BCUT2D eigenvalue weighted by molar-refractivity contribution is 6.00. The van der Waals surface area contributed by atoms with Crippen molar-refractivity contribution in [2.24, 2.45) is 0 Å². The second kappa shape index (κ2) is 8.62. The minimum Gasteiger partial charge on any atom is -0.331 e. The number of halogens is 1. The fourth-order valence-electron chi connectivity index (χ4n) is 4.62. The highest BCUT2D eigenvalue weighted by Gasteiger charge is 2.39. The molecule has 3 aromatic rings. The molecule has 2 bridgehead atoms. The third-order valence-electron chi connectivity index (χ3n) is 6.18. The van der Waals surface area contributed by atoms with Crippen LogP contribution in [0, 0.1) is 6.92 Å². The van der Waals surface area contributed by atoms with Crippen LogP contribution >= 0.6 is 12.4 Å². The zero-order valence-electron chi connectivity index (χ0n) is 17.1. The Balaban J connectivity index is 0.00000218. The molecule has 6 heteroatoms. The van der Waals surface area contributed by atoms with E-state index in [4.69, 9.17) is 5.10 Å². The second-order valence-corrected chi connectivity index (χ2v) is 8.13. The maximum Gasteiger partial charge on any atom is 0.258 e. The van der Waals surface area contributed by atoms with Crippen LogP contribution in [0.3, 0.4) is 0 Å². The maximum absolute atomic E-state index is 13.8. The molecule has 5 nitrogen and oxygen atoms in total. The predicted octanol–water partition coefficient (Wildman–Crippen LogP) is 4.24. The average molecular weight is 423 g/mol. The van der Waals surface area contributed by atoms with Gasteiger partial charge in [0.25, 0.3) is 5.91 Å². The number of carbonyl (C=O) groups is 1. The first-order chi connectivity index (χ1) is 14.2. The zero-order valence-corrected chi connectivity index (χ0v) is 17.9. The quantitative estimate of drug-likeness (QED) is 0.687. The zero-order chi connectivity index (χ0) is 19.8. The lowest BCUT2D eigenvalue weighted by Crippen LogP contribution is -2.42. The van der Waals surface area contributed by atoms with Gasteiger partial charge in [-0.3, -0.25) is 4.79 Å². The second-order valence-electron chi connectivity index (χ2n) is 8.13. The van der Waals surface area contributed by atoms with Crippen LogP contribution < -0.4 is 5.32 Å². The number of nitrogens with zero attached hydrogens (tertiary/aromatic N) is 3. The fraction of sp³-hybridized carbons (Fsp3) is 0.333. The van der Waals surface area contributed by atoms with Gasteiger partial charge in [0.1, 0.15) is 5.69 Å². The molecular formula is C24H27ClN4O. The van der Waals surface area contributed by atoms with Crippen LogP contribution in [0.1, 0.15) is 35.2 Å². The standard InChI is InChI=1S/C24H26N4O.ClH/c1-17-7-9-19(10-8-17)27-16-22(23(26-27)18-5-3-2-4-6-18)24(29)28-20-11-12-21(28)15-25-14-13-20;/h2-10,16,20-21,25H,11-15H2,1H3;1H. The largest absolute Gasteiger partial charge is 0.331 e. The molecule has 0 saturated carbocycles. The summed E-state index contributed by atoms with van der Waals surface area (Å²) in [6.45, 7) is 3.94. The highest BCUT2D eigenvalue weighted by atomic mass is 35.5. The number of rotatable bonds is 3. The third-order valence-corrected chi connectivity index (χ3v) is 6.18. The van der Waals surface area contributed by atoms with Crippen molar-refractivity contribution in [3.05, 3.63) is 71.9 Å². The van der Waals surface area contributed by atoms with E-state index in [-0.39, 0.29) is 24.4 Å². The summed E-state index contributed by atoms with van der Waals surface area (Å²) in [5.41, 5.74) is 4.59. The number of aromatic nitrogens is 2. The van der Waals surface area contributed by atoms with E-state index in [9.17, 15) is 4.79 Å². The van der Waals surface area contributed by atoms with Gasteiger partial charge in [0.15, 0.2) is 0 Å². The Kier molecular flexibility index (Phi) is 5.93. The molecule has 0 aliphatic carbocycles. The monoisotopic (exact) mass is 422 g/mol. The number of carbonyl (C=O) groups excluding carboxylic acids is 1. The van der Waals surface area contributed by atoms with Crippen LogP contribution in [-0.2, 0) is 0 Å². The van der Waals surface area contributed by atoms with Gasteiger partial charge in [-0.25, -0.2) is 4.68 Å². The van der Waals surface area contributed by atoms with E-state index < -0.39 is 0 Å². The molecule has 2 unspecified atom stereocenters. The minimum absolute atomic E-state index is 0. The maximum atomic E-state index is 13.8. The predicted molar refractivity (Wildman–Crippen MR) is 121 cm³/mol. The number of amides is 1. The molecule has 1 amide bonds. The summed E-state index contributed by atoms with van der Waals surface area (Å²) in [5.74, 6) is 0.110. The van der Waals surface area contributed by atoms with E-state index in [1.165, 1.54) is 5.56 Å². The smallest absolute Gasteiger partial charge is 0.258 e.